The second-order valence-electron chi connectivity index (χ2n) is 2.23. The van der Waals surface area contributed by atoms with E-state index in [9.17, 15) is 13.6 Å². The van der Waals surface area contributed by atoms with E-state index in [1.54, 1.807) is 7.05 Å². The Hall–Kier alpha value is -1.19. The summed E-state index contributed by atoms with van der Waals surface area (Å²) in [7, 11) is 1.55. The van der Waals surface area contributed by atoms with Crippen LogP contribution >= 0.6 is 0 Å². The molecule has 0 aliphatic carbocycles. The number of aromatic nitrogens is 1. The highest BCUT2D eigenvalue weighted by molar-refractivity contribution is 5.72. The van der Waals surface area contributed by atoms with Gasteiger partial charge in [0.25, 0.3) is 6.43 Å². The summed E-state index contributed by atoms with van der Waals surface area (Å²) in [5.41, 5.74) is 0.148. The highest BCUT2D eigenvalue weighted by Gasteiger charge is 2.10. The lowest BCUT2D eigenvalue weighted by Gasteiger charge is -1.90. The lowest BCUT2D eigenvalue weighted by atomic mass is 10.3. The maximum absolute atomic E-state index is 12.0. The zero-order valence-electron chi connectivity index (χ0n) is 5.92. The van der Waals surface area contributed by atoms with E-state index in [-0.39, 0.29) is 11.3 Å². The number of carbonyl (C=O) groups excluding carboxylic acids is 1. The molecule has 0 atom stereocenters. The van der Waals surface area contributed by atoms with Gasteiger partial charge in [0.05, 0.1) is 5.69 Å². The molecule has 0 amide bonds. The molecule has 0 radical (unpaired) electrons. The van der Waals surface area contributed by atoms with Gasteiger partial charge in [-0.3, -0.25) is 4.79 Å². The van der Waals surface area contributed by atoms with Crippen LogP contribution in [0.15, 0.2) is 12.3 Å². The van der Waals surface area contributed by atoms with Crippen molar-refractivity contribution in [2.75, 3.05) is 0 Å². The Morgan fingerprint density at radius 2 is 2.27 bits per heavy atom. The second kappa shape index (κ2) is 2.82. The van der Waals surface area contributed by atoms with Gasteiger partial charge in [0.1, 0.15) is 0 Å². The zero-order chi connectivity index (χ0) is 8.43. The van der Waals surface area contributed by atoms with Crippen LogP contribution in [0.5, 0.6) is 0 Å². The highest BCUT2D eigenvalue weighted by Crippen LogP contribution is 2.19. The summed E-state index contributed by atoms with van der Waals surface area (Å²) in [5.74, 6) is 0. The molecule has 0 spiro atoms. The van der Waals surface area contributed by atoms with Crippen LogP contribution in [0.3, 0.4) is 0 Å². The third kappa shape index (κ3) is 1.45. The topological polar surface area (TPSA) is 22.0 Å². The number of hydrogen-bond donors (Lipinski definition) is 0. The average Bonchev–Trinajstić information content (AvgIpc) is 2.31. The molecule has 4 heteroatoms. The SMILES string of the molecule is Cn1cc(C(F)F)cc1C=O. The molecule has 0 fully saturated rings. The number of aryl methyl sites for hydroxylation is 1. The van der Waals surface area contributed by atoms with E-state index in [2.05, 4.69) is 0 Å². The molecule has 0 bridgehead atoms. The molecule has 1 heterocycles. The monoisotopic (exact) mass is 159 g/mol. The van der Waals surface area contributed by atoms with E-state index >= 15 is 0 Å². The molecule has 0 aliphatic heterocycles. The molecule has 0 N–H and O–H groups in total. The Bertz CT molecular complexity index is 267. The van der Waals surface area contributed by atoms with Gasteiger partial charge in [-0.25, -0.2) is 8.78 Å². The summed E-state index contributed by atoms with van der Waals surface area (Å²) < 4.78 is 25.3. The molecular formula is C7H7F2NO. The van der Waals surface area contributed by atoms with Crippen molar-refractivity contribution in [1.29, 1.82) is 0 Å². The van der Waals surface area contributed by atoms with Crippen LogP contribution in [-0.4, -0.2) is 10.9 Å². The molecular weight excluding hydrogens is 152 g/mol. The van der Waals surface area contributed by atoms with Crippen LogP contribution in [0.4, 0.5) is 8.78 Å². The summed E-state index contributed by atoms with van der Waals surface area (Å²) in [6.07, 6.45) is -0.713. The third-order valence-corrected chi connectivity index (χ3v) is 1.44. The van der Waals surface area contributed by atoms with Gasteiger partial charge in [-0.1, -0.05) is 0 Å². The minimum Gasteiger partial charge on any atom is -0.348 e. The molecule has 0 saturated carbocycles. The van der Waals surface area contributed by atoms with Crippen LogP contribution in [-0.2, 0) is 7.05 Å². The van der Waals surface area contributed by atoms with Crippen LogP contribution in [0.1, 0.15) is 22.5 Å². The van der Waals surface area contributed by atoms with Gasteiger partial charge < -0.3 is 4.57 Å². The highest BCUT2D eigenvalue weighted by atomic mass is 19.3. The smallest absolute Gasteiger partial charge is 0.265 e. The summed E-state index contributed by atoms with van der Waals surface area (Å²) in [4.78, 5) is 10.2. The number of halogens is 2. The molecule has 2 nitrogen and oxygen atoms in total. The first-order chi connectivity index (χ1) is 5.15. The van der Waals surface area contributed by atoms with E-state index in [0.29, 0.717) is 6.29 Å². The lowest BCUT2D eigenvalue weighted by Crippen LogP contribution is -1.90. The van der Waals surface area contributed by atoms with Gasteiger partial charge >= 0.3 is 0 Å². The Kier molecular flexibility index (Phi) is 2.03. The van der Waals surface area contributed by atoms with Crippen molar-refractivity contribution >= 4 is 6.29 Å². The predicted octanol–water partition coefficient (Wildman–Crippen LogP) is 1.78. The third-order valence-electron chi connectivity index (χ3n) is 1.44. The number of aldehydes is 1. The molecule has 0 saturated heterocycles. The Morgan fingerprint density at radius 3 is 2.55 bits per heavy atom. The first-order valence-corrected chi connectivity index (χ1v) is 3.04. The number of alkyl halides is 2. The molecule has 11 heavy (non-hydrogen) atoms. The van der Waals surface area contributed by atoms with Crippen LogP contribution in [0.25, 0.3) is 0 Å². The normalized spacial score (nSPS) is 10.5. The Morgan fingerprint density at radius 1 is 1.64 bits per heavy atom. The van der Waals surface area contributed by atoms with E-state index in [1.165, 1.54) is 16.8 Å². The van der Waals surface area contributed by atoms with Crippen molar-refractivity contribution in [3.8, 4) is 0 Å². The fourth-order valence-corrected chi connectivity index (χ4v) is 0.844. The standard InChI is InChI=1S/C7H7F2NO/c1-10-3-5(7(8)9)2-6(10)4-11/h2-4,7H,1H3. The molecule has 1 aromatic heterocycles. The van der Waals surface area contributed by atoms with Gasteiger partial charge in [0.15, 0.2) is 6.29 Å². The molecule has 1 rings (SSSR count). The van der Waals surface area contributed by atoms with E-state index < -0.39 is 6.43 Å². The van der Waals surface area contributed by atoms with Crippen molar-refractivity contribution in [2.45, 2.75) is 6.43 Å². The van der Waals surface area contributed by atoms with Gasteiger partial charge in [-0.2, -0.15) is 0 Å². The Balaban J connectivity index is 3.04. The molecule has 60 valence electrons. The number of carbonyl (C=O) groups is 1. The first-order valence-electron chi connectivity index (χ1n) is 3.04. The average molecular weight is 159 g/mol. The zero-order valence-corrected chi connectivity index (χ0v) is 5.92. The van der Waals surface area contributed by atoms with Crippen molar-refractivity contribution in [3.05, 3.63) is 23.5 Å². The van der Waals surface area contributed by atoms with Crippen molar-refractivity contribution in [1.82, 2.24) is 4.57 Å². The van der Waals surface area contributed by atoms with Crippen molar-refractivity contribution in [3.63, 3.8) is 0 Å². The van der Waals surface area contributed by atoms with E-state index in [4.69, 9.17) is 0 Å². The Labute approximate surface area is 62.4 Å². The molecule has 0 unspecified atom stereocenters. The number of hydrogen-bond acceptors (Lipinski definition) is 1. The van der Waals surface area contributed by atoms with Gasteiger partial charge in [-0.05, 0) is 6.07 Å². The summed E-state index contributed by atoms with van der Waals surface area (Å²) in [6.45, 7) is 0. The fourth-order valence-electron chi connectivity index (χ4n) is 0.844. The summed E-state index contributed by atoms with van der Waals surface area (Å²) in [6, 6.07) is 1.18. The van der Waals surface area contributed by atoms with Crippen LogP contribution in [0, 0.1) is 0 Å². The minimum absolute atomic E-state index is 0.116. The van der Waals surface area contributed by atoms with Gasteiger partial charge in [-0.15, -0.1) is 0 Å². The predicted molar refractivity (Wildman–Crippen MR) is 35.8 cm³/mol. The van der Waals surface area contributed by atoms with Crippen LogP contribution < -0.4 is 0 Å². The fraction of sp³-hybridized carbons (Fsp3) is 0.286. The summed E-state index contributed by atoms with van der Waals surface area (Å²) >= 11 is 0. The first kappa shape index (κ1) is 7.91. The minimum atomic E-state index is -2.50. The number of nitrogens with zero attached hydrogens (tertiary/aromatic N) is 1. The quantitative estimate of drug-likeness (QED) is 0.603. The van der Waals surface area contributed by atoms with Crippen LogP contribution in [0.2, 0.25) is 0 Å². The van der Waals surface area contributed by atoms with Crippen molar-refractivity contribution in [2.24, 2.45) is 7.05 Å². The van der Waals surface area contributed by atoms with Gasteiger partial charge in [0, 0.05) is 18.8 Å². The van der Waals surface area contributed by atoms with E-state index in [1.807, 2.05) is 0 Å². The second-order valence-corrected chi connectivity index (χ2v) is 2.23. The van der Waals surface area contributed by atoms with Gasteiger partial charge in [0.2, 0.25) is 0 Å². The maximum atomic E-state index is 12.0. The summed E-state index contributed by atoms with van der Waals surface area (Å²) in [5, 5.41) is 0. The number of rotatable bonds is 2. The van der Waals surface area contributed by atoms with Crippen molar-refractivity contribution < 1.29 is 13.6 Å². The molecule has 1 aromatic rings. The largest absolute Gasteiger partial charge is 0.348 e. The molecule has 0 aromatic carbocycles. The van der Waals surface area contributed by atoms with E-state index in [0.717, 1.165) is 0 Å². The maximum Gasteiger partial charge on any atom is 0.265 e. The molecule has 0 aliphatic rings. The lowest BCUT2D eigenvalue weighted by molar-refractivity contribution is 0.111.